The van der Waals surface area contributed by atoms with Gasteiger partial charge in [0.05, 0.1) is 6.21 Å². The van der Waals surface area contributed by atoms with Gasteiger partial charge in [-0.05, 0) is 68.4 Å². The number of carbonyl (C=O) groups excluding carboxylic acids is 1. The van der Waals surface area contributed by atoms with Gasteiger partial charge in [-0.25, -0.2) is 5.43 Å². The highest BCUT2D eigenvalue weighted by Gasteiger charge is 2.07. The smallest absolute Gasteiger partial charge is 0.267 e. The van der Waals surface area contributed by atoms with Crippen molar-refractivity contribution in [1.82, 2.24) is 5.43 Å². The molecule has 0 aliphatic carbocycles. The normalized spacial score (nSPS) is 11.3. The summed E-state index contributed by atoms with van der Waals surface area (Å²) >= 11 is 2.19. The first-order chi connectivity index (χ1) is 12.7. The Kier molecular flexibility index (Phi) is 4.67. The molecule has 0 fully saturated rings. The third kappa shape index (κ3) is 3.32. The van der Waals surface area contributed by atoms with Gasteiger partial charge < -0.3 is 0 Å². The van der Waals surface area contributed by atoms with Gasteiger partial charge in [-0.1, -0.05) is 54.6 Å². The highest BCUT2D eigenvalue weighted by Crippen LogP contribution is 2.27. The molecule has 0 aromatic heterocycles. The molecule has 0 aliphatic heterocycles. The monoisotopic (exact) mass is 450 g/mol. The van der Waals surface area contributed by atoms with E-state index in [1.807, 2.05) is 42.5 Å². The topological polar surface area (TPSA) is 41.5 Å². The summed E-state index contributed by atoms with van der Waals surface area (Å²) in [5.41, 5.74) is 4.23. The van der Waals surface area contributed by atoms with E-state index in [1.54, 1.807) is 12.3 Å². The zero-order valence-corrected chi connectivity index (χ0v) is 16.0. The Labute approximate surface area is 164 Å². The van der Waals surface area contributed by atoms with Crippen LogP contribution in [0.15, 0.2) is 84.0 Å². The summed E-state index contributed by atoms with van der Waals surface area (Å²) in [4.78, 5) is 12.3. The SMILES string of the molecule is O=C(N/N=C\c1c2ccccc2cc2ccccc12)c1cccc(I)c1. The van der Waals surface area contributed by atoms with Crippen LogP contribution >= 0.6 is 22.6 Å². The molecule has 0 spiro atoms. The Morgan fingerprint density at radius 3 is 2.15 bits per heavy atom. The molecule has 3 nitrogen and oxygen atoms in total. The van der Waals surface area contributed by atoms with E-state index in [0.717, 1.165) is 30.7 Å². The van der Waals surface area contributed by atoms with Crippen molar-refractivity contribution >= 4 is 56.3 Å². The van der Waals surface area contributed by atoms with Crippen molar-refractivity contribution < 1.29 is 4.79 Å². The number of hydrogen-bond donors (Lipinski definition) is 1. The molecule has 0 saturated carbocycles. The predicted octanol–water partition coefficient (Wildman–Crippen LogP) is 5.36. The van der Waals surface area contributed by atoms with E-state index < -0.39 is 0 Å². The Morgan fingerprint density at radius 1 is 0.846 bits per heavy atom. The molecule has 0 saturated heterocycles. The number of carbonyl (C=O) groups is 1. The fourth-order valence-electron chi connectivity index (χ4n) is 3.04. The van der Waals surface area contributed by atoms with Crippen LogP contribution in [-0.2, 0) is 0 Å². The highest BCUT2D eigenvalue weighted by molar-refractivity contribution is 14.1. The molecule has 0 bridgehead atoms. The maximum atomic E-state index is 12.3. The Bertz CT molecular complexity index is 1100. The number of hydrogen-bond acceptors (Lipinski definition) is 2. The lowest BCUT2D eigenvalue weighted by Crippen LogP contribution is -2.17. The summed E-state index contributed by atoms with van der Waals surface area (Å²) in [6.07, 6.45) is 1.73. The first-order valence-electron chi connectivity index (χ1n) is 8.22. The minimum atomic E-state index is -0.218. The van der Waals surface area contributed by atoms with E-state index in [4.69, 9.17) is 0 Å². The second-order valence-corrected chi connectivity index (χ2v) is 7.19. The van der Waals surface area contributed by atoms with Crippen LogP contribution < -0.4 is 5.43 Å². The molecule has 0 atom stereocenters. The first kappa shape index (κ1) is 16.7. The van der Waals surface area contributed by atoms with E-state index in [0.29, 0.717) is 5.56 Å². The molecule has 4 aromatic rings. The minimum absolute atomic E-state index is 0.218. The summed E-state index contributed by atoms with van der Waals surface area (Å²) in [6, 6.07) is 26.0. The molecule has 26 heavy (non-hydrogen) atoms. The van der Waals surface area contributed by atoms with E-state index in [-0.39, 0.29) is 5.91 Å². The van der Waals surface area contributed by atoms with E-state index >= 15 is 0 Å². The maximum Gasteiger partial charge on any atom is 0.271 e. The molecule has 0 radical (unpaired) electrons. The third-order valence-corrected chi connectivity index (χ3v) is 4.93. The van der Waals surface area contributed by atoms with Gasteiger partial charge in [0.2, 0.25) is 0 Å². The fraction of sp³-hybridized carbons (Fsp3) is 0. The molecule has 1 amide bonds. The Morgan fingerprint density at radius 2 is 1.50 bits per heavy atom. The molecule has 126 valence electrons. The van der Waals surface area contributed by atoms with Crippen molar-refractivity contribution in [1.29, 1.82) is 0 Å². The van der Waals surface area contributed by atoms with Crippen LogP contribution in [0.2, 0.25) is 0 Å². The first-order valence-corrected chi connectivity index (χ1v) is 9.30. The maximum absolute atomic E-state index is 12.3. The quantitative estimate of drug-likeness (QED) is 0.194. The van der Waals surface area contributed by atoms with Crippen LogP contribution in [0.5, 0.6) is 0 Å². The summed E-state index contributed by atoms with van der Waals surface area (Å²) in [5.74, 6) is -0.218. The second-order valence-electron chi connectivity index (χ2n) is 5.94. The van der Waals surface area contributed by atoms with Crippen LogP contribution in [-0.4, -0.2) is 12.1 Å². The zero-order chi connectivity index (χ0) is 17.9. The third-order valence-electron chi connectivity index (χ3n) is 4.26. The number of hydrazone groups is 1. The van der Waals surface area contributed by atoms with Gasteiger partial charge in [0, 0.05) is 14.7 Å². The van der Waals surface area contributed by atoms with Crippen LogP contribution in [0.3, 0.4) is 0 Å². The average Bonchev–Trinajstić information content (AvgIpc) is 2.67. The minimum Gasteiger partial charge on any atom is -0.267 e. The summed E-state index contributed by atoms with van der Waals surface area (Å²) in [7, 11) is 0. The van der Waals surface area contributed by atoms with Crippen molar-refractivity contribution in [3.05, 3.63) is 93.6 Å². The van der Waals surface area contributed by atoms with Gasteiger partial charge in [-0.2, -0.15) is 5.10 Å². The lowest BCUT2D eigenvalue weighted by molar-refractivity contribution is 0.0955. The molecule has 1 N–H and O–H groups in total. The number of halogens is 1. The van der Waals surface area contributed by atoms with Gasteiger partial charge in [-0.15, -0.1) is 0 Å². The van der Waals surface area contributed by atoms with Gasteiger partial charge in [0.1, 0.15) is 0 Å². The lowest BCUT2D eigenvalue weighted by Gasteiger charge is -2.08. The second kappa shape index (κ2) is 7.25. The van der Waals surface area contributed by atoms with E-state index in [2.05, 4.69) is 63.4 Å². The molecule has 4 heteroatoms. The van der Waals surface area contributed by atoms with Crippen LogP contribution in [0.4, 0.5) is 0 Å². The van der Waals surface area contributed by atoms with Crippen molar-refractivity contribution in [2.45, 2.75) is 0 Å². The average molecular weight is 450 g/mol. The Balaban J connectivity index is 1.71. The number of rotatable bonds is 3. The van der Waals surface area contributed by atoms with Gasteiger partial charge >= 0.3 is 0 Å². The largest absolute Gasteiger partial charge is 0.271 e. The lowest BCUT2D eigenvalue weighted by atomic mass is 9.97. The van der Waals surface area contributed by atoms with Gasteiger partial charge in [0.25, 0.3) is 5.91 Å². The van der Waals surface area contributed by atoms with Crippen molar-refractivity contribution in [3.63, 3.8) is 0 Å². The van der Waals surface area contributed by atoms with Crippen molar-refractivity contribution in [2.24, 2.45) is 5.10 Å². The number of amides is 1. The summed E-state index contributed by atoms with van der Waals surface area (Å²) in [5, 5.41) is 8.74. The van der Waals surface area contributed by atoms with Crippen LogP contribution in [0.1, 0.15) is 15.9 Å². The highest BCUT2D eigenvalue weighted by atomic mass is 127. The Hall–Kier alpha value is -2.73. The van der Waals surface area contributed by atoms with E-state index in [1.165, 1.54) is 0 Å². The molecular formula is C22H15IN2O. The number of nitrogens with one attached hydrogen (secondary N) is 1. The fourth-order valence-corrected chi connectivity index (χ4v) is 3.58. The van der Waals surface area contributed by atoms with Crippen LogP contribution in [0.25, 0.3) is 21.5 Å². The van der Waals surface area contributed by atoms with E-state index in [9.17, 15) is 4.79 Å². The van der Waals surface area contributed by atoms with Crippen LogP contribution in [0, 0.1) is 3.57 Å². The molecule has 0 heterocycles. The molecule has 0 unspecified atom stereocenters. The standard InChI is InChI=1S/C22H15IN2O/c23-18-9-5-8-17(13-18)22(26)25-24-14-21-19-10-3-1-6-15(19)12-16-7-2-4-11-20(16)21/h1-14H,(H,25,26)/b24-14-. The number of nitrogens with zero attached hydrogens (tertiary/aromatic N) is 1. The zero-order valence-electron chi connectivity index (χ0n) is 13.8. The summed E-state index contributed by atoms with van der Waals surface area (Å²) in [6.45, 7) is 0. The molecule has 4 rings (SSSR count). The number of fused-ring (bicyclic) bond motifs is 2. The van der Waals surface area contributed by atoms with Gasteiger partial charge in [0.15, 0.2) is 0 Å². The molecular weight excluding hydrogens is 435 g/mol. The van der Waals surface area contributed by atoms with Gasteiger partial charge in [-0.3, -0.25) is 4.79 Å². The molecule has 0 aliphatic rings. The predicted molar refractivity (Wildman–Crippen MR) is 116 cm³/mol. The van der Waals surface area contributed by atoms with Crippen molar-refractivity contribution in [2.75, 3.05) is 0 Å². The molecule has 4 aromatic carbocycles. The number of benzene rings is 4. The summed E-state index contributed by atoms with van der Waals surface area (Å²) < 4.78 is 1.01. The van der Waals surface area contributed by atoms with Crippen molar-refractivity contribution in [3.8, 4) is 0 Å².